The summed E-state index contributed by atoms with van der Waals surface area (Å²) < 4.78 is 13.6. The molecule has 0 aliphatic rings. The van der Waals surface area contributed by atoms with Crippen LogP contribution in [0.1, 0.15) is 52.6 Å². The van der Waals surface area contributed by atoms with E-state index < -0.39 is 16.8 Å². The zero-order valence-electron chi connectivity index (χ0n) is 18.1. The number of aromatic carboxylic acids is 1. The minimum absolute atomic E-state index is 0.0586. The molecule has 0 aliphatic carbocycles. The second-order valence-electron chi connectivity index (χ2n) is 8.35. The topological polar surface area (TPSA) is 101 Å². The Morgan fingerprint density at radius 2 is 1.81 bits per heavy atom. The molecule has 1 amide bonds. The van der Waals surface area contributed by atoms with E-state index in [2.05, 4.69) is 31.2 Å². The molecule has 2 aromatic carbocycles. The zero-order valence-corrected chi connectivity index (χ0v) is 18.9. The maximum Gasteiger partial charge on any atom is 0.338 e. The zero-order chi connectivity index (χ0) is 22.9. The van der Waals surface area contributed by atoms with E-state index >= 15 is 0 Å². The van der Waals surface area contributed by atoms with Gasteiger partial charge in [-0.15, -0.1) is 0 Å². The summed E-state index contributed by atoms with van der Waals surface area (Å²) in [6.45, 7) is 8.05. The lowest BCUT2D eigenvalue weighted by Gasteiger charge is -2.21. The van der Waals surface area contributed by atoms with Crippen molar-refractivity contribution in [3.05, 3.63) is 71.0 Å². The van der Waals surface area contributed by atoms with E-state index in [0.717, 1.165) is 11.1 Å². The number of rotatable bonds is 5. The maximum absolute atomic E-state index is 13.0. The van der Waals surface area contributed by atoms with Crippen molar-refractivity contribution in [2.24, 2.45) is 0 Å². The standard InChI is InChI=1S/C23H25N3O4S/c1-14-6-7-15(10-19(14)26-13-16(12-24-26)22(28)29)21(27)25-18-11-17(23(2,3)4)8-9-20(18)31(5)30/h6-13H,1-5H3,(H,25,27)(H,28,29). The molecule has 162 valence electrons. The predicted octanol–water partition coefficient (Wildman–Crippen LogP) is 4.17. The van der Waals surface area contributed by atoms with Gasteiger partial charge in [-0.3, -0.25) is 9.00 Å². The van der Waals surface area contributed by atoms with E-state index in [4.69, 9.17) is 5.11 Å². The van der Waals surface area contributed by atoms with Crippen LogP contribution in [-0.2, 0) is 16.2 Å². The number of carbonyl (C=O) groups is 2. The highest BCUT2D eigenvalue weighted by atomic mass is 32.2. The van der Waals surface area contributed by atoms with Crippen LogP contribution >= 0.6 is 0 Å². The first-order valence-electron chi connectivity index (χ1n) is 9.65. The van der Waals surface area contributed by atoms with Gasteiger partial charge in [0, 0.05) is 18.0 Å². The number of hydrogen-bond donors (Lipinski definition) is 2. The van der Waals surface area contributed by atoms with Crippen LogP contribution in [-0.4, -0.2) is 37.2 Å². The van der Waals surface area contributed by atoms with Gasteiger partial charge in [-0.05, 0) is 47.7 Å². The third-order valence-corrected chi connectivity index (χ3v) is 5.93. The first kappa shape index (κ1) is 22.4. The Balaban J connectivity index is 1.97. The minimum atomic E-state index is -1.27. The van der Waals surface area contributed by atoms with Gasteiger partial charge in [-0.25, -0.2) is 9.48 Å². The van der Waals surface area contributed by atoms with Crippen LogP contribution in [0.2, 0.25) is 0 Å². The smallest absolute Gasteiger partial charge is 0.338 e. The molecular formula is C23H25N3O4S. The molecule has 8 heteroatoms. The quantitative estimate of drug-likeness (QED) is 0.621. The van der Waals surface area contributed by atoms with Crippen molar-refractivity contribution in [1.82, 2.24) is 9.78 Å². The Morgan fingerprint density at radius 1 is 1.10 bits per heavy atom. The number of aryl methyl sites for hydroxylation is 1. The van der Waals surface area contributed by atoms with Crippen molar-refractivity contribution < 1.29 is 18.9 Å². The van der Waals surface area contributed by atoms with Crippen LogP contribution in [0.15, 0.2) is 53.7 Å². The number of carbonyl (C=O) groups excluding carboxylic acids is 1. The van der Waals surface area contributed by atoms with Crippen molar-refractivity contribution in [3.8, 4) is 5.69 Å². The highest BCUT2D eigenvalue weighted by Crippen LogP contribution is 2.29. The van der Waals surface area contributed by atoms with Gasteiger partial charge in [0.2, 0.25) is 0 Å². The molecule has 0 saturated carbocycles. The Labute approximate surface area is 183 Å². The number of amides is 1. The van der Waals surface area contributed by atoms with Gasteiger partial charge in [0.25, 0.3) is 5.91 Å². The fourth-order valence-corrected chi connectivity index (χ4v) is 3.78. The van der Waals surface area contributed by atoms with Gasteiger partial charge in [0.15, 0.2) is 0 Å². The molecule has 31 heavy (non-hydrogen) atoms. The van der Waals surface area contributed by atoms with Gasteiger partial charge in [-0.1, -0.05) is 32.9 Å². The number of anilines is 1. The summed E-state index contributed by atoms with van der Waals surface area (Å²) in [6, 6.07) is 10.7. The summed E-state index contributed by atoms with van der Waals surface area (Å²) in [4.78, 5) is 24.7. The average Bonchev–Trinajstić information content (AvgIpc) is 3.17. The first-order chi connectivity index (χ1) is 14.5. The van der Waals surface area contributed by atoms with Crippen LogP contribution in [0.4, 0.5) is 5.69 Å². The molecule has 0 saturated heterocycles. The van der Waals surface area contributed by atoms with E-state index in [1.165, 1.54) is 17.1 Å². The molecule has 0 bridgehead atoms. The molecule has 0 aliphatic heterocycles. The number of nitrogens with zero attached hydrogens (tertiary/aromatic N) is 2. The molecule has 1 heterocycles. The maximum atomic E-state index is 13.0. The van der Waals surface area contributed by atoms with Crippen LogP contribution in [0.5, 0.6) is 0 Å². The molecular weight excluding hydrogens is 414 g/mol. The van der Waals surface area contributed by atoms with Gasteiger partial charge < -0.3 is 10.4 Å². The van der Waals surface area contributed by atoms with Crippen molar-refractivity contribution >= 4 is 28.4 Å². The van der Waals surface area contributed by atoms with Gasteiger partial charge in [0.05, 0.1) is 38.8 Å². The van der Waals surface area contributed by atoms with Crippen LogP contribution < -0.4 is 5.32 Å². The molecule has 7 nitrogen and oxygen atoms in total. The average molecular weight is 440 g/mol. The van der Waals surface area contributed by atoms with Crippen LogP contribution in [0.3, 0.4) is 0 Å². The third-order valence-electron chi connectivity index (χ3n) is 4.95. The molecule has 3 aromatic rings. The van der Waals surface area contributed by atoms with E-state index in [0.29, 0.717) is 21.8 Å². The molecule has 1 atom stereocenters. The lowest BCUT2D eigenvalue weighted by Crippen LogP contribution is -2.17. The Morgan fingerprint density at radius 3 is 2.39 bits per heavy atom. The highest BCUT2D eigenvalue weighted by Gasteiger charge is 2.19. The summed E-state index contributed by atoms with van der Waals surface area (Å²) in [7, 11) is -1.27. The summed E-state index contributed by atoms with van der Waals surface area (Å²) >= 11 is 0. The monoisotopic (exact) mass is 439 g/mol. The Bertz CT molecular complexity index is 1190. The predicted molar refractivity (Wildman–Crippen MR) is 121 cm³/mol. The van der Waals surface area contributed by atoms with Crippen molar-refractivity contribution in [2.75, 3.05) is 11.6 Å². The third kappa shape index (κ3) is 4.91. The normalized spacial score (nSPS) is 12.4. The summed E-state index contributed by atoms with van der Waals surface area (Å²) in [5, 5.41) is 16.1. The summed E-state index contributed by atoms with van der Waals surface area (Å²) in [6.07, 6.45) is 4.23. The number of hydrogen-bond acceptors (Lipinski definition) is 4. The van der Waals surface area contributed by atoms with E-state index in [1.807, 2.05) is 19.1 Å². The number of carboxylic acid groups (broad SMARTS) is 1. The SMILES string of the molecule is Cc1ccc(C(=O)Nc2cc(C(C)(C)C)ccc2S(C)=O)cc1-n1cc(C(=O)O)cn1. The van der Waals surface area contributed by atoms with Crippen molar-refractivity contribution in [2.45, 2.75) is 38.0 Å². The molecule has 0 spiro atoms. The highest BCUT2D eigenvalue weighted by molar-refractivity contribution is 7.84. The molecule has 2 N–H and O–H groups in total. The Kier molecular flexibility index (Phi) is 6.13. The molecule has 0 fully saturated rings. The van der Waals surface area contributed by atoms with E-state index in [-0.39, 0.29) is 16.9 Å². The van der Waals surface area contributed by atoms with E-state index in [1.54, 1.807) is 30.5 Å². The fraction of sp³-hybridized carbons (Fsp3) is 0.261. The van der Waals surface area contributed by atoms with Crippen LogP contribution in [0.25, 0.3) is 5.69 Å². The minimum Gasteiger partial charge on any atom is -0.478 e. The molecule has 3 rings (SSSR count). The lowest BCUT2D eigenvalue weighted by atomic mass is 9.87. The number of benzene rings is 2. The Hall–Kier alpha value is -3.26. The lowest BCUT2D eigenvalue weighted by molar-refractivity contribution is 0.0696. The molecule has 1 aromatic heterocycles. The number of carboxylic acids is 1. The van der Waals surface area contributed by atoms with E-state index in [9.17, 15) is 13.8 Å². The van der Waals surface area contributed by atoms with Gasteiger partial charge >= 0.3 is 5.97 Å². The van der Waals surface area contributed by atoms with Gasteiger partial charge in [-0.2, -0.15) is 5.10 Å². The molecule has 0 radical (unpaired) electrons. The number of nitrogens with one attached hydrogen (secondary N) is 1. The van der Waals surface area contributed by atoms with Crippen molar-refractivity contribution in [1.29, 1.82) is 0 Å². The van der Waals surface area contributed by atoms with Crippen LogP contribution in [0, 0.1) is 6.92 Å². The first-order valence-corrected chi connectivity index (χ1v) is 11.2. The largest absolute Gasteiger partial charge is 0.478 e. The summed E-state index contributed by atoms with van der Waals surface area (Å²) in [5.41, 5.74) is 3.26. The van der Waals surface area contributed by atoms with Crippen molar-refractivity contribution in [3.63, 3.8) is 0 Å². The van der Waals surface area contributed by atoms with Gasteiger partial charge in [0.1, 0.15) is 0 Å². The second kappa shape index (κ2) is 8.47. The fourth-order valence-electron chi connectivity index (χ4n) is 3.10. The summed E-state index contributed by atoms with van der Waals surface area (Å²) in [5.74, 6) is -1.43. The second-order valence-corrected chi connectivity index (χ2v) is 9.70. The number of aromatic nitrogens is 2. The molecule has 1 unspecified atom stereocenters.